The summed E-state index contributed by atoms with van der Waals surface area (Å²) in [6.45, 7) is 6.73. The van der Waals surface area contributed by atoms with Crippen molar-refractivity contribution >= 4 is 5.97 Å². The van der Waals surface area contributed by atoms with Crippen LogP contribution in [0.3, 0.4) is 0 Å². The standard InChI is InChI=1S/C30H42N2O6/c1-9-38-29(33)24(32(4)19-22-12-14-25(34-5)27(17-22)36-7)11-10-16-30(20-31,21(2)3)23-13-15-26(35-6)28(18-23)37-8/h12-15,17-18,21,24H,9-11,16,19H2,1-8H3. The predicted octanol–water partition coefficient (Wildman–Crippen LogP) is 5.37. The van der Waals surface area contributed by atoms with E-state index in [0.717, 1.165) is 11.1 Å². The van der Waals surface area contributed by atoms with E-state index in [1.807, 2.05) is 62.2 Å². The molecule has 2 rings (SSSR count). The molecule has 0 aliphatic heterocycles. The molecule has 0 amide bonds. The lowest BCUT2D eigenvalue weighted by atomic mass is 9.69. The van der Waals surface area contributed by atoms with Gasteiger partial charge in [-0.1, -0.05) is 26.0 Å². The number of nitriles is 1. The lowest BCUT2D eigenvalue weighted by molar-refractivity contribution is -0.149. The highest BCUT2D eigenvalue weighted by Crippen LogP contribution is 2.41. The molecule has 8 nitrogen and oxygen atoms in total. The van der Waals surface area contributed by atoms with Crippen LogP contribution in [0.15, 0.2) is 36.4 Å². The minimum Gasteiger partial charge on any atom is -0.493 e. The van der Waals surface area contributed by atoms with E-state index in [-0.39, 0.29) is 11.9 Å². The summed E-state index contributed by atoms with van der Waals surface area (Å²) in [6, 6.07) is 13.5. The van der Waals surface area contributed by atoms with Crippen molar-refractivity contribution in [1.29, 1.82) is 5.26 Å². The fraction of sp³-hybridized carbons (Fsp3) is 0.533. The molecule has 2 aromatic carbocycles. The van der Waals surface area contributed by atoms with Crippen molar-refractivity contribution in [3.63, 3.8) is 0 Å². The number of hydrogen-bond acceptors (Lipinski definition) is 8. The van der Waals surface area contributed by atoms with Crippen molar-refractivity contribution in [2.24, 2.45) is 5.92 Å². The predicted molar refractivity (Wildman–Crippen MR) is 147 cm³/mol. The zero-order valence-corrected chi connectivity index (χ0v) is 24.0. The van der Waals surface area contributed by atoms with Crippen molar-refractivity contribution in [1.82, 2.24) is 4.90 Å². The lowest BCUT2D eigenvalue weighted by Gasteiger charge is -2.33. The summed E-state index contributed by atoms with van der Waals surface area (Å²) in [4.78, 5) is 15.0. The van der Waals surface area contributed by atoms with Crippen LogP contribution in [-0.4, -0.2) is 59.0 Å². The molecule has 0 saturated carbocycles. The molecular weight excluding hydrogens is 484 g/mol. The fourth-order valence-electron chi connectivity index (χ4n) is 4.84. The van der Waals surface area contributed by atoms with Gasteiger partial charge < -0.3 is 23.7 Å². The number of methoxy groups -OCH3 is 4. The Balaban J connectivity index is 2.26. The Morgan fingerprint density at radius 1 is 0.947 bits per heavy atom. The molecule has 2 aromatic rings. The van der Waals surface area contributed by atoms with Crippen LogP contribution in [0.1, 0.15) is 51.2 Å². The van der Waals surface area contributed by atoms with Crippen molar-refractivity contribution in [2.75, 3.05) is 42.1 Å². The van der Waals surface area contributed by atoms with E-state index in [2.05, 4.69) is 6.07 Å². The van der Waals surface area contributed by atoms with Crippen molar-refractivity contribution < 1.29 is 28.5 Å². The van der Waals surface area contributed by atoms with E-state index >= 15 is 0 Å². The summed E-state index contributed by atoms with van der Waals surface area (Å²) in [5.74, 6) is 2.26. The minimum absolute atomic E-state index is 0.0381. The number of carbonyl (C=O) groups excluding carboxylic acids is 1. The first-order valence-electron chi connectivity index (χ1n) is 12.9. The zero-order valence-electron chi connectivity index (χ0n) is 24.0. The lowest BCUT2D eigenvalue weighted by Crippen LogP contribution is -2.40. The van der Waals surface area contributed by atoms with Gasteiger partial charge in [-0.2, -0.15) is 5.26 Å². The molecule has 0 bridgehead atoms. The molecule has 8 heteroatoms. The van der Waals surface area contributed by atoms with Gasteiger partial charge in [0.15, 0.2) is 23.0 Å². The number of benzene rings is 2. The summed E-state index contributed by atoms with van der Waals surface area (Å²) in [7, 11) is 8.28. The third-order valence-corrected chi connectivity index (χ3v) is 7.10. The summed E-state index contributed by atoms with van der Waals surface area (Å²) in [5, 5.41) is 10.4. The Kier molecular flexibility index (Phi) is 11.7. The molecule has 0 radical (unpaired) electrons. The number of rotatable bonds is 15. The smallest absolute Gasteiger partial charge is 0.323 e. The highest BCUT2D eigenvalue weighted by Gasteiger charge is 2.37. The molecule has 0 saturated heterocycles. The normalized spacial score (nSPS) is 13.4. The Labute approximate surface area is 227 Å². The van der Waals surface area contributed by atoms with Crippen molar-refractivity contribution in [3.05, 3.63) is 47.5 Å². The number of hydrogen-bond donors (Lipinski definition) is 0. The second-order valence-electron chi connectivity index (χ2n) is 9.57. The van der Waals surface area contributed by atoms with Crippen LogP contribution < -0.4 is 18.9 Å². The van der Waals surface area contributed by atoms with E-state index in [4.69, 9.17) is 23.7 Å². The van der Waals surface area contributed by atoms with Gasteiger partial charge in [0.25, 0.3) is 0 Å². The van der Waals surface area contributed by atoms with Gasteiger partial charge in [-0.15, -0.1) is 0 Å². The minimum atomic E-state index is -0.749. The maximum absolute atomic E-state index is 13.0. The van der Waals surface area contributed by atoms with E-state index < -0.39 is 11.5 Å². The Morgan fingerprint density at radius 2 is 1.53 bits per heavy atom. The van der Waals surface area contributed by atoms with Gasteiger partial charge >= 0.3 is 5.97 Å². The van der Waals surface area contributed by atoms with Crippen LogP contribution in [-0.2, 0) is 21.5 Å². The van der Waals surface area contributed by atoms with E-state index in [0.29, 0.717) is 55.4 Å². The Morgan fingerprint density at radius 3 is 2.05 bits per heavy atom. The molecule has 0 aliphatic rings. The first-order chi connectivity index (χ1) is 18.2. The maximum atomic E-state index is 13.0. The number of likely N-dealkylation sites (N-methyl/N-ethyl adjacent to an activating group) is 1. The summed E-state index contributed by atoms with van der Waals surface area (Å²) in [6.07, 6.45) is 1.78. The zero-order chi connectivity index (χ0) is 28.3. The van der Waals surface area contributed by atoms with Gasteiger partial charge in [-0.05, 0) is 74.5 Å². The number of nitrogens with zero attached hydrogens (tertiary/aromatic N) is 2. The molecule has 0 aromatic heterocycles. The summed E-state index contributed by atoms with van der Waals surface area (Å²) >= 11 is 0. The van der Waals surface area contributed by atoms with E-state index in [1.54, 1.807) is 35.4 Å². The largest absolute Gasteiger partial charge is 0.493 e. The first-order valence-corrected chi connectivity index (χ1v) is 12.9. The molecule has 0 heterocycles. The average Bonchev–Trinajstić information content (AvgIpc) is 2.92. The maximum Gasteiger partial charge on any atom is 0.323 e. The van der Waals surface area contributed by atoms with E-state index in [9.17, 15) is 10.1 Å². The van der Waals surface area contributed by atoms with Crippen LogP contribution in [0.5, 0.6) is 23.0 Å². The average molecular weight is 527 g/mol. The Bertz CT molecular complexity index is 1100. The fourth-order valence-corrected chi connectivity index (χ4v) is 4.84. The van der Waals surface area contributed by atoms with Crippen LogP contribution in [0, 0.1) is 17.2 Å². The Hall–Kier alpha value is -3.44. The third kappa shape index (κ3) is 7.11. The van der Waals surface area contributed by atoms with Crippen molar-refractivity contribution in [3.8, 4) is 29.1 Å². The highest BCUT2D eigenvalue weighted by molar-refractivity contribution is 5.75. The molecule has 38 heavy (non-hydrogen) atoms. The summed E-state index contributed by atoms with van der Waals surface area (Å²) < 4.78 is 27.1. The SMILES string of the molecule is CCOC(=O)C(CCCC(C#N)(c1ccc(OC)c(OC)c1)C(C)C)N(C)Cc1ccc(OC)c(OC)c1. The number of ether oxygens (including phenoxy) is 5. The molecular formula is C30H42N2O6. The molecule has 0 fully saturated rings. The second-order valence-corrected chi connectivity index (χ2v) is 9.57. The topological polar surface area (TPSA) is 90.3 Å². The van der Waals surface area contributed by atoms with Gasteiger partial charge in [0.2, 0.25) is 0 Å². The van der Waals surface area contributed by atoms with Gasteiger partial charge in [0.1, 0.15) is 6.04 Å². The molecule has 2 unspecified atom stereocenters. The molecule has 0 spiro atoms. The molecule has 2 atom stereocenters. The van der Waals surface area contributed by atoms with Crippen LogP contribution in [0.2, 0.25) is 0 Å². The first kappa shape index (κ1) is 30.8. The van der Waals surface area contributed by atoms with Crippen LogP contribution >= 0.6 is 0 Å². The quantitative estimate of drug-likeness (QED) is 0.286. The van der Waals surface area contributed by atoms with Gasteiger partial charge in [0, 0.05) is 6.54 Å². The molecule has 208 valence electrons. The third-order valence-electron chi connectivity index (χ3n) is 7.10. The van der Waals surface area contributed by atoms with Crippen LogP contribution in [0.25, 0.3) is 0 Å². The molecule has 0 aliphatic carbocycles. The van der Waals surface area contributed by atoms with Crippen molar-refractivity contribution in [2.45, 2.75) is 58.0 Å². The number of esters is 1. The van der Waals surface area contributed by atoms with Gasteiger partial charge in [-0.3, -0.25) is 9.69 Å². The van der Waals surface area contributed by atoms with Crippen LogP contribution in [0.4, 0.5) is 0 Å². The molecule has 0 N–H and O–H groups in total. The number of carbonyl (C=O) groups is 1. The van der Waals surface area contributed by atoms with E-state index in [1.165, 1.54) is 0 Å². The highest BCUT2D eigenvalue weighted by atomic mass is 16.5. The van der Waals surface area contributed by atoms with Gasteiger partial charge in [-0.25, -0.2) is 0 Å². The monoisotopic (exact) mass is 526 g/mol. The summed E-state index contributed by atoms with van der Waals surface area (Å²) in [5.41, 5.74) is 1.11. The van der Waals surface area contributed by atoms with Gasteiger partial charge in [0.05, 0.1) is 46.5 Å². The second kappa shape index (κ2) is 14.5.